The van der Waals surface area contributed by atoms with E-state index in [1.165, 1.54) is 36.8 Å². The highest BCUT2D eigenvalue weighted by atomic mass is 79.9. The Hall–Kier alpha value is -0.540. The number of halogens is 1. The van der Waals surface area contributed by atoms with Crippen molar-refractivity contribution in [2.45, 2.75) is 58.0 Å². The van der Waals surface area contributed by atoms with Gasteiger partial charge in [-0.3, -0.25) is 0 Å². The van der Waals surface area contributed by atoms with Gasteiger partial charge in [-0.15, -0.1) is 0 Å². The minimum atomic E-state index is -0.252. The Morgan fingerprint density at radius 1 is 1.35 bits per heavy atom. The molecule has 1 aliphatic heterocycles. The molecule has 1 N–H and O–H groups in total. The highest BCUT2D eigenvalue weighted by Crippen LogP contribution is 2.45. The van der Waals surface area contributed by atoms with E-state index < -0.39 is 0 Å². The lowest BCUT2D eigenvalue weighted by molar-refractivity contribution is 0.0253. The van der Waals surface area contributed by atoms with Crippen LogP contribution in [-0.4, -0.2) is 17.8 Å². The van der Waals surface area contributed by atoms with Gasteiger partial charge in [-0.25, -0.2) is 0 Å². The van der Waals surface area contributed by atoms with E-state index in [1.54, 1.807) is 0 Å². The number of ether oxygens (including phenoxy) is 1. The summed E-state index contributed by atoms with van der Waals surface area (Å²) in [6.45, 7) is 2.99. The SMILES string of the molecule is CCC1(C(O)Cc2cc(Br)cc3c2OCC3)CCCC1. The molecule has 2 nitrogen and oxygen atoms in total. The fourth-order valence-electron chi connectivity index (χ4n) is 3.92. The van der Waals surface area contributed by atoms with Crippen LogP contribution in [0.2, 0.25) is 0 Å². The van der Waals surface area contributed by atoms with Gasteiger partial charge in [0.15, 0.2) is 0 Å². The highest BCUT2D eigenvalue weighted by Gasteiger charge is 2.39. The standard InChI is InChI=1S/C17H23BrO2/c1-2-17(6-3-4-7-17)15(19)11-13-10-14(18)9-12-5-8-20-16(12)13/h9-10,15,19H,2-8,11H2,1H3. The van der Waals surface area contributed by atoms with Gasteiger partial charge < -0.3 is 9.84 Å². The van der Waals surface area contributed by atoms with Crippen LogP contribution in [0.3, 0.4) is 0 Å². The normalized spacial score (nSPS) is 21.6. The van der Waals surface area contributed by atoms with Crippen LogP contribution in [0.15, 0.2) is 16.6 Å². The summed E-state index contributed by atoms with van der Waals surface area (Å²) in [4.78, 5) is 0. The van der Waals surface area contributed by atoms with E-state index in [-0.39, 0.29) is 11.5 Å². The Labute approximate surface area is 129 Å². The first-order chi connectivity index (χ1) is 9.64. The Kier molecular flexibility index (Phi) is 4.09. The lowest BCUT2D eigenvalue weighted by Crippen LogP contribution is -2.33. The number of aliphatic hydroxyl groups is 1. The average Bonchev–Trinajstić information content (AvgIpc) is 3.07. The van der Waals surface area contributed by atoms with E-state index in [1.807, 2.05) is 0 Å². The molecule has 0 amide bonds. The van der Waals surface area contributed by atoms with Gasteiger partial charge in [0, 0.05) is 17.3 Å². The maximum atomic E-state index is 10.8. The van der Waals surface area contributed by atoms with Gasteiger partial charge >= 0.3 is 0 Å². The summed E-state index contributed by atoms with van der Waals surface area (Å²) in [5, 5.41) is 10.8. The molecule has 1 heterocycles. The number of benzene rings is 1. The summed E-state index contributed by atoms with van der Waals surface area (Å²) < 4.78 is 6.88. The van der Waals surface area contributed by atoms with Crippen molar-refractivity contribution >= 4 is 15.9 Å². The molecule has 20 heavy (non-hydrogen) atoms. The maximum Gasteiger partial charge on any atom is 0.125 e. The lowest BCUT2D eigenvalue weighted by atomic mass is 9.75. The minimum Gasteiger partial charge on any atom is -0.493 e. The summed E-state index contributed by atoms with van der Waals surface area (Å²) in [6.07, 6.45) is 7.38. The van der Waals surface area contributed by atoms with E-state index in [0.717, 1.165) is 36.1 Å². The van der Waals surface area contributed by atoms with Crippen molar-refractivity contribution in [3.63, 3.8) is 0 Å². The van der Waals surface area contributed by atoms with Crippen LogP contribution < -0.4 is 4.74 Å². The quantitative estimate of drug-likeness (QED) is 0.888. The molecule has 1 aromatic carbocycles. The van der Waals surface area contributed by atoms with Gasteiger partial charge in [-0.2, -0.15) is 0 Å². The number of hydrogen-bond donors (Lipinski definition) is 1. The minimum absolute atomic E-state index is 0.133. The molecule has 1 aliphatic carbocycles. The van der Waals surface area contributed by atoms with Crippen LogP contribution in [0.1, 0.15) is 50.2 Å². The van der Waals surface area contributed by atoms with E-state index in [4.69, 9.17) is 4.74 Å². The summed E-state index contributed by atoms with van der Waals surface area (Å²) in [5.74, 6) is 1.02. The van der Waals surface area contributed by atoms with Crippen LogP contribution in [0, 0.1) is 5.41 Å². The first-order valence-corrected chi connectivity index (χ1v) is 8.56. The van der Waals surface area contributed by atoms with Crippen molar-refractivity contribution in [2.75, 3.05) is 6.61 Å². The second kappa shape index (κ2) is 5.69. The third-order valence-electron chi connectivity index (χ3n) is 5.25. The summed E-state index contributed by atoms with van der Waals surface area (Å²) >= 11 is 3.58. The van der Waals surface area contributed by atoms with Gasteiger partial charge in [0.1, 0.15) is 5.75 Å². The fraction of sp³-hybridized carbons (Fsp3) is 0.647. The van der Waals surface area contributed by atoms with Crippen LogP contribution in [0.5, 0.6) is 5.75 Å². The molecular weight excluding hydrogens is 316 g/mol. The molecule has 1 unspecified atom stereocenters. The molecule has 0 radical (unpaired) electrons. The molecule has 3 heteroatoms. The van der Waals surface area contributed by atoms with Crippen LogP contribution >= 0.6 is 15.9 Å². The molecule has 0 bridgehead atoms. The monoisotopic (exact) mass is 338 g/mol. The number of aliphatic hydroxyl groups excluding tert-OH is 1. The Morgan fingerprint density at radius 2 is 2.10 bits per heavy atom. The molecule has 2 aliphatic rings. The van der Waals surface area contributed by atoms with Gasteiger partial charge in [0.2, 0.25) is 0 Å². The van der Waals surface area contributed by atoms with Crippen molar-refractivity contribution in [1.29, 1.82) is 0 Å². The zero-order valence-corrected chi connectivity index (χ0v) is 13.7. The van der Waals surface area contributed by atoms with E-state index in [9.17, 15) is 5.11 Å². The van der Waals surface area contributed by atoms with Gasteiger partial charge in [0.25, 0.3) is 0 Å². The summed E-state index contributed by atoms with van der Waals surface area (Å²) in [6, 6.07) is 4.26. The highest BCUT2D eigenvalue weighted by molar-refractivity contribution is 9.10. The fourth-order valence-corrected chi connectivity index (χ4v) is 4.48. The predicted octanol–water partition coefficient (Wildman–Crippen LogP) is 4.26. The number of hydrogen-bond acceptors (Lipinski definition) is 2. The largest absolute Gasteiger partial charge is 0.493 e. The second-order valence-electron chi connectivity index (χ2n) is 6.29. The Morgan fingerprint density at radius 3 is 2.80 bits per heavy atom. The summed E-state index contributed by atoms with van der Waals surface area (Å²) in [5.41, 5.74) is 2.58. The topological polar surface area (TPSA) is 29.5 Å². The van der Waals surface area contributed by atoms with Crippen LogP contribution in [0.25, 0.3) is 0 Å². The molecule has 0 spiro atoms. The second-order valence-corrected chi connectivity index (χ2v) is 7.21. The van der Waals surface area contributed by atoms with Crippen molar-refractivity contribution in [3.05, 3.63) is 27.7 Å². The number of rotatable bonds is 4. The lowest BCUT2D eigenvalue weighted by Gasteiger charge is -2.33. The molecular formula is C17H23BrO2. The molecule has 1 atom stereocenters. The Bertz CT molecular complexity index is 492. The van der Waals surface area contributed by atoms with E-state index in [2.05, 4.69) is 35.0 Å². The summed E-state index contributed by atoms with van der Waals surface area (Å²) in [7, 11) is 0. The first-order valence-electron chi connectivity index (χ1n) is 7.77. The van der Waals surface area contributed by atoms with Crippen molar-refractivity contribution in [3.8, 4) is 5.75 Å². The molecule has 1 aromatic rings. The molecule has 3 rings (SSSR count). The molecule has 1 saturated carbocycles. The Balaban J connectivity index is 1.84. The molecule has 1 fully saturated rings. The van der Waals surface area contributed by atoms with E-state index in [0.29, 0.717) is 0 Å². The average molecular weight is 339 g/mol. The van der Waals surface area contributed by atoms with E-state index >= 15 is 0 Å². The van der Waals surface area contributed by atoms with Crippen molar-refractivity contribution < 1.29 is 9.84 Å². The predicted molar refractivity (Wildman–Crippen MR) is 84.2 cm³/mol. The maximum absolute atomic E-state index is 10.8. The zero-order valence-electron chi connectivity index (χ0n) is 12.1. The van der Waals surface area contributed by atoms with Gasteiger partial charge in [-0.05, 0) is 47.9 Å². The third kappa shape index (κ3) is 2.50. The van der Waals surface area contributed by atoms with Crippen LogP contribution in [0.4, 0.5) is 0 Å². The van der Waals surface area contributed by atoms with Crippen LogP contribution in [-0.2, 0) is 12.8 Å². The smallest absolute Gasteiger partial charge is 0.125 e. The van der Waals surface area contributed by atoms with Gasteiger partial charge in [0.05, 0.1) is 12.7 Å². The van der Waals surface area contributed by atoms with Gasteiger partial charge in [-0.1, -0.05) is 35.7 Å². The number of fused-ring (bicyclic) bond motifs is 1. The molecule has 0 saturated heterocycles. The molecule has 0 aromatic heterocycles. The van der Waals surface area contributed by atoms with Crippen molar-refractivity contribution in [2.24, 2.45) is 5.41 Å². The van der Waals surface area contributed by atoms with Crippen molar-refractivity contribution in [1.82, 2.24) is 0 Å². The zero-order chi connectivity index (χ0) is 14.2. The third-order valence-corrected chi connectivity index (χ3v) is 5.71. The first kappa shape index (κ1) is 14.4. The molecule has 110 valence electrons.